The molecule has 2 fully saturated rings. The zero-order valence-electron chi connectivity index (χ0n) is 15.7. The van der Waals surface area contributed by atoms with Crippen LogP contribution in [0.25, 0.3) is 0 Å². The Balaban J connectivity index is 1.42. The molecule has 144 valence electrons. The van der Waals surface area contributed by atoms with Crippen molar-refractivity contribution < 1.29 is 9.59 Å². The van der Waals surface area contributed by atoms with E-state index in [1.165, 1.54) is 31.0 Å². The molecule has 1 saturated carbocycles. The minimum atomic E-state index is -0.222. The highest BCUT2D eigenvalue weighted by Gasteiger charge is 2.30. The lowest BCUT2D eigenvalue weighted by Gasteiger charge is -2.35. The van der Waals surface area contributed by atoms with E-state index in [1.54, 1.807) is 6.33 Å². The van der Waals surface area contributed by atoms with Crippen LogP contribution >= 0.6 is 11.8 Å². The summed E-state index contributed by atoms with van der Waals surface area (Å²) in [4.78, 5) is 27.1. The molecule has 0 radical (unpaired) electrons. The van der Waals surface area contributed by atoms with Crippen LogP contribution < -0.4 is 5.32 Å². The second-order valence-electron chi connectivity index (χ2n) is 7.43. The van der Waals surface area contributed by atoms with E-state index in [-0.39, 0.29) is 23.1 Å². The predicted octanol–water partition coefficient (Wildman–Crippen LogP) is 1.98. The molecule has 2 heterocycles. The van der Waals surface area contributed by atoms with Crippen molar-refractivity contribution in [3.8, 4) is 0 Å². The lowest BCUT2D eigenvalue weighted by molar-refractivity contribution is -0.137. The molecular formula is C18H29N5O2S. The van der Waals surface area contributed by atoms with Crippen LogP contribution in [0.15, 0.2) is 11.5 Å². The molecule has 3 rings (SSSR count). The van der Waals surface area contributed by atoms with E-state index in [2.05, 4.69) is 15.5 Å². The molecule has 1 N–H and O–H groups in total. The number of aryl methyl sites for hydroxylation is 1. The Morgan fingerprint density at radius 2 is 1.88 bits per heavy atom. The minimum absolute atomic E-state index is 0.0232. The summed E-state index contributed by atoms with van der Waals surface area (Å²) < 4.78 is 1.81. The quantitative estimate of drug-likeness (QED) is 0.792. The topological polar surface area (TPSA) is 80.1 Å². The first-order valence-corrected chi connectivity index (χ1v) is 10.5. The third-order valence-corrected chi connectivity index (χ3v) is 6.58. The van der Waals surface area contributed by atoms with Gasteiger partial charge in [-0.1, -0.05) is 31.0 Å². The molecule has 0 aromatic carbocycles. The Morgan fingerprint density at radius 1 is 1.19 bits per heavy atom. The van der Waals surface area contributed by atoms with E-state index in [0.29, 0.717) is 5.91 Å². The molecule has 0 bridgehead atoms. The SMILES string of the molecule is CC(Sc1nncn1C)C(=O)NC1CCN(C(=O)C2CCCCC2)CC1. The zero-order chi connectivity index (χ0) is 18.5. The molecule has 1 aromatic heterocycles. The number of thioether (sulfide) groups is 1. The summed E-state index contributed by atoms with van der Waals surface area (Å²) in [6.07, 6.45) is 9.04. The fourth-order valence-corrected chi connectivity index (χ4v) is 4.56. The molecule has 1 aliphatic heterocycles. The van der Waals surface area contributed by atoms with E-state index in [4.69, 9.17) is 0 Å². The van der Waals surface area contributed by atoms with Gasteiger partial charge in [0.1, 0.15) is 6.33 Å². The van der Waals surface area contributed by atoms with Crippen LogP contribution in [-0.2, 0) is 16.6 Å². The van der Waals surface area contributed by atoms with Crippen molar-refractivity contribution in [3.05, 3.63) is 6.33 Å². The first-order valence-electron chi connectivity index (χ1n) is 9.64. The van der Waals surface area contributed by atoms with Gasteiger partial charge in [0, 0.05) is 32.1 Å². The van der Waals surface area contributed by atoms with Crippen LogP contribution in [0.5, 0.6) is 0 Å². The van der Waals surface area contributed by atoms with E-state index in [9.17, 15) is 9.59 Å². The van der Waals surface area contributed by atoms with Crippen molar-refractivity contribution >= 4 is 23.6 Å². The van der Waals surface area contributed by atoms with Crippen LogP contribution in [-0.4, -0.2) is 55.9 Å². The first-order chi connectivity index (χ1) is 12.5. The minimum Gasteiger partial charge on any atom is -0.352 e. The second-order valence-corrected chi connectivity index (χ2v) is 8.74. The highest BCUT2D eigenvalue weighted by molar-refractivity contribution is 8.00. The zero-order valence-corrected chi connectivity index (χ0v) is 16.5. The predicted molar refractivity (Wildman–Crippen MR) is 101 cm³/mol. The Hall–Kier alpha value is -1.57. The number of nitrogens with one attached hydrogen (secondary N) is 1. The molecule has 2 aliphatic rings. The third kappa shape index (κ3) is 4.78. The second kappa shape index (κ2) is 8.88. The highest BCUT2D eigenvalue weighted by atomic mass is 32.2. The molecule has 2 amide bonds. The van der Waals surface area contributed by atoms with Gasteiger partial charge in [-0.3, -0.25) is 9.59 Å². The maximum Gasteiger partial charge on any atom is 0.233 e. The van der Waals surface area contributed by atoms with E-state index in [1.807, 2.05) is 23.4 Å². The van der Waals surface area contributed by atoms with Crippen molar-refractivity contribution in [1.29, 1.82) is 0 Å². The number of nitrogens with zero attached hydrogens (tertiary/aromatic N) is 4. The molecule has 0 spiro atoms. The van der Waals surface area contributed by atoms with Crippen molar-refractivity contribution in [2.24, 2.45) is 13.0 Å². The van der Waals surface area contributed by atoms with Gasteiger partial charge < -0.3 is 14.8 Å². The normalized spacial score (nSPS) is 20.8. The fourth-order valence-electron chi connectivity index (χ4n) is 3.76. The Morgan fingerprint density at radius 3 is 2.50 bits per heavy atom. The smallest absolute Gasteiger partial charge is 0.233 e. The van der Waals surface area contributed by atoms with Crippen LogP contribution in [0, 0.1) is 5.92 Å². The van der Waals surface area contributed by atoms with Gasteiger partial charge in [0.15, 0.2) is 5.16 Å². The third-order valence-electron chi connectivity index (χ3n) is 5.43. The summed E-state index contributed by atoms with van der Waals surface area (Å²) in [5.74, 6) is 0.591. The Labute approximate surface area is 159 Å². The van der Waals surface area contributed by atoms with Gasteiger partial charge in [-0.15, -0.1) is 10.2 Å². The maximum absolute atomic E-state index is 12.6. The van der Waals surface area contributed by atoms with Gasteiger partial charge in [0.05, 0.1) is 5.25 Å². The number of aromatic nitrogens is 3. The monoisotopic (exact) mass is 379 g/mol. The molecule has 1 unspecified atom stereocenters. The number of piperidine rings is 1. The molecule has 26 heavy (non-hydrogen) atoms. The molecule has 7 nitrogen and oxygen atoms in total. The van der Waals surface area contributed by atoms with Gasteiger partial charge in [-0.05, 0) is 32.6 Å². The molecule has 1 aromatic rings. The lowest BCUT2D eigenvalue weighted by Crippen LogP contribution is -2.49. The summed E-state index contributed by atoms with van der Waals surface area (Å²) >= 11 is 1.41. The van der Waals surface area contributed by atoms with Gasteiger partial charge in [-0.25, -0.2) is 0 Å². The molecule has 1 saturated heterocycles. The number of hydrogen-bond donors (Lipinski definition) is 1. The van der Waals surface area contributed by atoms with E-state index in [0.717, 1.165) is 43.9 Å². The summed E-state index contributed by atoms with van der Waals surface area (Å²) in [6.45, 7) is 3.40. The van der Waals surface area contributed by atoms with Crippen LogP contribution in [0.1, 0.15) is 51.9 Å². The molecule has 1 aliphatic carbocycles. The van der Waals surface area contributed by atoms with Crippen LogP contribution in [0.2, 0.25) is 0 Å². The summed E-state index contributed by atoms with van der Waals surface area (Å²) in [5, 5.41) is 11.5. The van der Waals surface area contributed by atoms with Gasteiger partial charge in [-0.2, -0.15) is 0 Å². The molecule has 1 atom stereocenters. The fraction of sp³-hybridized carbons (Fsp3) is 0.778. The standard InChI is InChI=1S/C18H29N5O2S/c1-13(26-18-21-19-12-22(18)2)16(24)20-15-8-10-23(11-9-15)17(25)14-6-4-3-5-7-14/h12-15H,3-11H2,1-2H3,(H,20,24). The Kier molecular flexibility index (Phi) is 6.56. The number of rotatable bonds is 5. The number of hydrogen-bond acceptors (Lipinski definition) is 5. The number of amides is 2. The van der Waals surface area contributed by atoms with Crippen LogP contribution in [0.3, 0.4) is 0 Å². The average Bonchev–Trinajstić information content (AvgIpc) is 3.07. The van der Waals surface area contributed by atoms with Gasteiger partial charge in [0.2, 0.25) is 11.8 Å². The molecular weight excluding hydrogens is 350 g/mol. The highest BCUT2D eigenvalue weighted by Crippen LogP contribution is 2.27. The maximum atomic E-state index is 12.6. The van der Waals surface area contributed by atoms with Gasteiger partial charge >= 0.3 is 0 Å². The van der Waals surface area contributed by atoms with Crippen LogP contribution in [0.4, 0.5) is 0 Å². The molecule has 8 heteroatoms. The van der Waals surface area contributed by atoms with E-state index < -0.39 is 0 Å². The average molecular weight is 380 g/mol. The van der Waals surface area contributed by atoms with E-state index >= 15 is 0 Å². The largest absolute Gasteiger partial charge is 0.352 e. The lowest BCUT2D eigenvalue weighted by atomic mass is 9.87. The summed E-state index contributed by atoms with van der Waals surface area (Å²) in [5.41, 5.74) is 0. The summed E-state index contributed by atoms with van der Waals surface area (Å²) in [7, 11) is 1.87. The number of likely N-dealkylation sites (tertiary alicyclic amines) is 1. The summed E-state index contributed by atoms with van der Waals surface area (Å²) in [6, 6.07) is 0.153. The number of carbonyl (C=O) groups excluding carboxylic acids is 2. The van der Waals surface area contributed by atoms with Crippen molar-refractivity contribution in [2.75, 3.05) is 13.1 Å². The van der Waals surface area contributed by atoms with Crippen molar-refractivity contribution in [1.82, 2.24) is 25.0 Å². The van der Waals surface area contributed by atoms with Crippen molar-refractivity contribution in [3.63, 3.8) is 0 Å². The first kappa shape index (κ1) is 19.2. The Bertz CT molecular complexity index is 621. The van der Waals surface area contributed by atoms with Gasteiger partial charge in [0.25, 0.3) is 0 Å². The van der Waals surface area contributed by atoms with Crippen molar-refractivity contribution in [2.45, 2.75) is 68.3 Å². The number of carbonyl (C=O) groups is 2.